The summed E-state index contributed by atoms with van der Waals surface area (Å²) in [6, 6.07) is 7.80. The van der Waals surface area contributed by atoms with Crippen LogP contribution < -0.4 is 15.5 Å². The number of ether oxygens (including phenoxy) is 1. The summed E-state index contributed by atoms with van der Waals surface area (Å²) in [4.78, 5) is 37.7. The fraction of sp³-hybridized carbons (Fsp3) is 0.500. The molecule has 0 spiro atoms. The maximum atomic E-state index is 12.9. The van der Waals surface area contributed by atoms with Crippen molar-refractivity contribution in [2.24, 2.45) is 0 Å². The summed E-state index contributed by atoms with van der Waals surface area (Å²) >= 11 is 0. The van der Waals surface area contributed by atoms with E-state index in [0.29, 0.717) is 13.0 Å². The van der Waals surface area contributed by atoms with Crippen molar-refractivity contribution < 1.29 is 19.1 Å². The van der Waals surface area contributed by atoms with Crippen LogP contribution >= 0.6 is 0 Å². The second kappa shape index (κ2) is 10.1. The van der Waals surface area contributed by atoms with Gasteiger partial charge in [0, 0.05) is 25.6 Å². The zero-order valence-electron chi connectivity index (χ0n) is 17.5. The molecule has 0 fully saturated rings. The minimum atomic E-state index is -0.585. The van der Waals surface area contributed by atoms with Crippen molar-refractivity contribution in [1.29, 1.82) is 0 Å². The Hall–Kier alpha value is -2.83. The SMILES string of the molecule is C=CC(=O)NCCC(=O)NCCC1CCc2ccccc2N1C(=O)OC(C)(C)C. The van der Waals surface area contributed by atoms with Gasteiger partial charge in [-0.1, -0.05) is 24.8 Å². The summed E-state index contributed by atoms with van der Waals surface area (Å²) in [5.41, 5.74) is 1.41. The molecule has 1 aliphatic rings. The summed E-state index contributed by atoms with van der Waals surface area (Å²) in [6.45, 7) is 9.62. The molecule has 1 aromatic rings. The fourth-order valence-electron chi connectivity index (χ4n) is 3.28. The summed E-state index contributed by atoms with van der Waals surface area (Å²) in [6.07, 6.45) is 3.31. The molecule has 0 saturated carbocycles. The van der Waals surface area contributed by atoms with Crippen LogP contribution in [0.3, 0.4) is 0 Å². The van der Waals surface area contributed by atoms with Crippen LogP contribution in [0, 0.1) is 0 Å². The molecule has 0 aliphatic carbocycles. The van der Waals surface area contributed by atoms with Crippen LogP contribution in [-0.4, -0.2) is 42.6 Å². The maximum Gasteiger partial charge on any atom is 0.415 e. The third-order valence-electron chi connectivity index (χ3n) is 4.59. The molecule has 1 unspecified atom stereocenters. The second-order valence-corrected chi connectivity index (χ2v) is 8.06. The molecule has 1 heterocycles. The van der Waals surface area contributed by atoms with E-state index in [1.807, 2.05) is 45.0 Å². The van der Waals surface area contributed by atoms with E-state index >= 15 is 0 Å². The third-order valence-corrected chi connectivity index (χ3v) is 4.59. The molecule has 2 rings (SSSR count). The van der Waals surface area contributed by atoms with Crippen LogP contribution in [0.2, 0.25) is 0 Å². The number of anilines is 1. The highest BCUT2D eigenvalue weighted by molar-refractivity contribution is 5.90. The predicted molar refractivity (Wildman–Crippen MR) is 113 cm³/mol. The highest BCUT2D eigenvalue weighted by atomic mass is 16.6. The second-order valence-electron chi connectivity index (χ2n) is 8.06. The molecule has 158 valence electrons. The number of benzene rings is 1. The first kappa shape index (κ1) is 22.5. The number of aryl methyl sites for hydroxylation is 1. The van der Waals surface area contributed by atoms with Crippen molar-refractivity contribution in [3.8, 4) is 0 Å². The number of para-hydroxylation sites is 1. The molecular formula is C22H31N3O4. The number of amides is 3. The molecule has 1 aromatic carbocycles. The van der Waals surface area contributed by atoms with E-state index in [4.69, 9.17) is 4.74 Å². The topological polar surface area (TPSA) is 87.7 Å². The lowest BCUT2D eigenvalue weighted by Crippen LogP contribution is -2.47. The quantitative estimate of drug-likeness (QED) is 0.688. The molecule has 0 saturated heterocycles. The highest BCUT2D eigenvalue weighted by Crippen LogP contribution is 2.33. The average Bonchev–Trinajstić information content (AvgIpc) is 2.66. The highest BCUT2D eigenvalue weighted by Gasteiger charge is 2.33. The lowest BCUT2D eigenvalue weighted by Gasteiger charge is -2.38. The zero-order chi connectivity index (χ0) is 21.4. The summed E-state index contributed by atoms with van der Waals surface area (Å²) in [5, 5.41) is 5.43. The Bertz CT molecular complexity index is 755. The Balaban J connectivity index is 1.96. The molecule has 7 nitrogen and oxygen atoms in total. The summed E-state index contributed by atoms with van der Waals surface area (Å²) < 4.78 is 5.63. The van der Waals surface area contributed by atoms with Gasteiger partial charge in [-0.2, -0.15) is 0 Å². The van der Waals surface area contributed by atoms with E-state index in [2.05, 4.69) is 17.2 Å². The number of fused-ring (bicyclic) bond motifs is 1. The van der Waals surface area contributed by atoms with Crippen LogP contribution in [0.4, 0.5) is 10.5 Å². The van der Waals surface area contributed by atoms with E-state index < -0.39 is 5.60 Å². The summed E-state index contributed by atoms with van der Waals surface area (Å²) in [7, 11) is 0. The number of carbonyl (C=O) groups is 3. The molecule has 0 bridgehead atoms. The Morgan fingerprint density at radius 1 is 1.21 bits per heavy atom. The maximum absolute atomic E-state index is 12.9. The van der Waals surface area contributed by atoms with Crippen molar-refractivity contribution >= 4 is 23.6 Å². The van der Waals surface area contributed by atoms with Gasteiger partial charge in [-0.05, 0) is 57.7 Å². The van der Waals surface area contributed by atoms with Gasteiger partial charge in [0.2, 0.25) is 11.8 Å². The van der Waals surface area contributed by atoms with Gasteiger partial charge in [0.25, 0.3) is 0 Å². The Morgan fingerprint density at radius 3 is 2.62 bits per heavy atom. The Labute approximate surface area is 172 Å². The fourth-order valence-corrected chi connectivity index (χ4v) is 3.28. The van der Waals surface area contributed by atoms with E-state index in [-0.39, 0.29) is 36.9 Å². The Kier molecular flexibility index (Phi) is 7.82. The number of hydrogen-bond acceptors (Lipinski definition) is 4. The van der Waals surface area contributed by atoms with Crippen LogP contribution in [0.15, 0.2) is 36.9 Å². The molecule has 1 atom stereocenters. The minimum Gasteiger partial charge on any atom is -0.443 e. The average molecular weight is 402 g/mol. The first-order chi connectivity index (χ1) is 13.7. The molecule has 29 heavy (non-hydrogen) atoms. The zero-order valence-corrected chi connectivity index (χ0v) is 17.5. The van der Waals surface area contributed by atoms with Crippen molar-refractivity contribution in [2.45, 2.75) is 58.1 Å². The lowest BCUT2D eigenvalue weighted by atomic mass is 9.94. The van der Waals surface area contributed by atoms with Crippen molar-refractivity contribution in [1.82, 2.24) is 10.6 Å². The number of nitrogens with one attached hydrogen (secondary N) is 2. The van der Waals surface area contributed by atoms with Gasteiger partial charge in [0.05, 0.1) is 5.69 Å². The Morgan fingerprint density at radius 2 is 1.93 bits per heavy atom. The van der Waals surface area contributed by atoms with Crippen LogP contribution in [0.5, 0.6) is 0 Å². The van der Waals surface area contributed by atoms with Gasteiger partial charge in [0.1, 0.15) is 5.60 Å². The largest absolute Gasteiger partial charge is 0.443 e. The molecule has 0 radical (unpaired) electrons. The predicted octanol–water partition coefficient (Wildman–Crippen LogP) is 2.94. The molecule has 3 amide bonds. The number of nitrogens with zero attached hydrogens (tertiary/aromatic N) is 1. The third kappa shape index (κ3) is 6.93. The standard InChI is InChI=1S/C22H31N3O4/c1-5-19(26)23-15-13-20(27)24-14-12-17-11-10-16-8-6-7-9-18(16)25(17)21(28)29-22(2,3)4/h5-9,17H,1,10-15H2,2-4H3,(H,23,26)(H,24,27). The van der Waals surface area contributed by atoms with E-state index in [0.717, 1.165) is 24.1 Å². The van der Waals surface area contributed by atoms with Gasteiger partial charge < -0.3 is 15.4 Å². The van der Waals surface area contributed by atoms with Crippen molar-refractivity contribution in [3.63, 3.8) is 0 Å². The smallest absolute Gasteiger partial charge is 0.415 e. The van der Waals surface area contributed by atoms with Gasteiger partial charge in [0.15, 0.2) is 0 Å². The lowest BCUT2D eigenvalue weighted by molar-refractivity contribution is -0.121. The number of rotatable bonds is 7. The molecule has 7 heteroatoms. The van der Waals surface area contributed by atoms with Gasteiger partial charge in [-0.15, -0.1) is 0 Å². The van der Waals surface area contributed by atoms with Gasteiger partial charge in [-0.3, -0.25) is 14.5 Å². The van der Waals surface area contributed by atoms with Crippen molar-refractivity contribution in [3.05, 3.63) is 42.5 Å². The van der Waals surface area contributed by atoms with Crippen LogP contribution in [0.1, 0.15) is 45.6 Å². The first-order valence-corrected chi connectivity index (χ1v) is 9.98. The minimum absolute atomic E-state index is 0.0551. The van der Waals surface area contributed by atoms with Gasteiger partial charge in [-0.25, -0.2) is 4.79 Å². The number of carbonyl (C=O) groups excluding carboxylic acids is 3. The number of hydrogen-bond donors (Lipinski definition) is 2. The first-order valence-electron chi connectivity index (χ1n) is 9.98. The van der Waals surface area contributed by atoms with Crippen LogP contribution in [-0.2, 0) is 20.7 Å². The van der Waals surface area contributed by atoms with Gasteiger partial charge >= 0.3 is 6.09 Å². The van der Waals surface area contributed by atoms with Crippen LogP contribution in [0.25, 0.3) is 0 Å². The molecule has 2 N–H and O–H groups in total. The van der Waals surface area contributed by atoms with Crippen molar-refractivity contribution in [2.75, 3.05) is 18.0 Å². The van der Waals surface area contributed by atoms with E-state index in [1.165, 1.54) is 6.08 Å². The molecule has 1 aliphatic heterocycles. The normalized spacial score (nSPS) is 15.8. The molecular weight excluding hydrogens is 370 g/mol. The van der Waals surface area contributed by atoms with E-state index in [9.17, 15) is 14.4 Å². The molecule has 0 aromatic heterocycles. The summed E-state index contributed by atoms with van der Waals surface area (Å²) in [5.74, 6) is -0.443. The van der Waals surface area contributed by atoms with E-state index in [1.54, 1.807) is 4.90 Å². The monoisotopic (exact) mass is 401 g/mol.